The number of carbonyl (C=O) groups is 1. The molecule has 102 valence electrons. The van der Waals surface area contributed by atoms with Crippen LogP contribution in [-0.2, 0) is 4.79 Å². The zero-order valence-electron chi connectivity index (χ0n) is 11.8. The second kappa shape index (κ2) is 7.44. The summed E-state index contributed by atoms with van der Waals surface area (Å²) < 4.78 is 0. The van der Waals surface area contributed by atoms with E-state index in [1.807, 2.05) is 48.5 Å². The van der Waals surface area contributed by atoms with Gasteiger partial charge >= 0.3 is 0 Å². The molecule has 0 saturated carbocycles. The summed E-state index contributed by atoms with van der Waals surface area (Å²) in [6, 6.07) is 20.3. The van der Waals surface area contributed by atoms with Gasteiger partial charge in [0.1, 0.15) is 6.29 Å². The van der Waals surface area contributed by atoms with Crippen molar-refractivity contribution in [2.75, 3.05) is 0 Å². The van der Waals surface area contributed by atoms with Gasteiger partial charge in [0.2, 0.25) is 0 Å². The molecule has 2 aromatic rings. The van der Waals surface area contributed by atoms with Gasteiger partial charge in [0.15, 0.2) is 0 Å². The summed E-state index contributed by atoms with van der Waals surface area (Å²) in [5.74, 6) is -0.00433. The maximum Gasteiger partial charge on any atom is 0.127 e. The summed E-state index contributed by atoms with van der Waals surface area (Å²) in [6.45, 7) is 2.12. The Morgan fingerprint density at radius 2 is 1.60 bits per heavy atom. The quantitative estimate of drug-likeness (QED) is 0.681. The Balaban J connectivity index is 1.97. The van der Waals surface area contributed by atoms with E-state index < -0.39 is 0 Å². The largest absolute Gasteiger partial charge is 0.303 e. The molecule has 1 unspecified atom stereocenters. The smallest absolute Gasteiger partial charge is 0.127 e. The highest BCUT2D eigenvalue weighted by Crippen LogP contribution is 2.22. The van der Waals surface area contributed by atoms with Gasteiger partial charge in [0.05, 0.1) is 0 Å². The van der Waals surface area contributed by atoms with Gasteiger partial charge in [-0.1, -0.05) is 72.3 Å². The van der Waals surface area contributed by atoms with Crippen molar-refractivity contribution in [3.63, 3.8) is 0 Å². The van der Waals surface area contributed by atoms with Crippen LogP contribution in [0.2, 0.25) is 0 Å². The zero-order chi connectivity index (χ0) is 14.2. The van der Waals surface area contributed by atoms with Crippen LogP contribution in [0.15, 0.2) is 66.2 Å². The van der Waals surface area contributed by atoms with E-state index in [0.29, 0.717) is 0 Å². The maximum atomic E-state index is 11.3. The first-order valence-electron chi connectivity index (χ1n) is 7.02. The van der Waals surface area contributed by atoms with Crippen LogP contribution in [-0.4, -0.2) is 6.29 Å². The third-order valence-electron chi connectivity index (χ3n) is 3.45. The molecular weight excluding hydrogens is 244 g/mol. The highest BCUT2D eigenvalue weighted by molar-refractivity contribution is 5.62. The Labute approximate surface area is 121 Å². The highest BCUT2D eigenvalue weighted by Gasteiger charge is 2.09. The molecule has 0 radical (unpaired) electrons. The fourth-order valence-corrected chi connectivity index (χ4v) is 2.30. The van der Waals surface area contributed by atoms with E-state index in [2.05, 4.69) is 25.1 Å². The summed E-state index contributed by atoms with van der Waals surface area (Å²) in [5, 5.41) is 0. The Morgan fingerprint density at radius 1 is 1.00 bits per heavy atom. The summed E-state index contributed by atoms with van der Waals surface area (Å²) in [6.07, 6.45) is 5.05. The van der Waals surface area contributed by atoms with E-state index >= 15 is 0 Å². The molecular formula is C19H20O. The molecule has 1 heteroatoms. The van der Waals surface area contributed by atoms with Crippen molar-refractivity contribution in [1.29, 1.82) is 0 Å². The number of hydrogen-bond donors (Lipinski definition) is 0. The SMILES string of the molecule is CC(=Cc1ccccc1)CCC(C=O)c1ccccc1. The molecule has 0 aromatic heterocycles. The van der Waals surface area contributed by atoms with Crippen molar-refractivity contribution in [1.82, 2.24) is 0 Å². The first-order chi connectivity index (χ1) is 9.79. The predicted molar refractivity (Wildman–Crippen MR) is 84.6 cm³/mol. The van der Waals surface area contributed by atoms with Crippen molar-refractivity contribution in [3.05, 3.63) is 77.4 Å². The summed E-state index contributed by atoms with van der Waals surface area (Å²) >= 11 is 0. The number of allylic oxidation sites excluding steroid dienone is 1. The summed E-state index contributed by atoms with van der Waals surface area (Å²) in [5.41, 5.74) is 3.63. The van der Waals surface area contributed by atoms with Crippen molar-refractivity contribution in [3.8, 4) is 0 Å². The molecule has 0 bridgehead atoms. The van der Waals surface area contributed by atoms with E-state index in [9.17, 15) is 4.79 Å². The minimum Gasteiger partial charge on any atom is -0.303 e. The van der Waals surface area contributed by atoms with E-state index in [1.54, 1.807) is 0 Å². The van der Waals surface area contributed by atoms with Crippen molar-refractivity contribution in [2.45, 2.75) is 25.7 Å². The molecule has 0 aliphatic rings. The van der Waals surface area contributed by atoms with Crippen molar-refractivity contribution in [2.24, 2.45) is 0 Å². The van der Waals surface area contributed by atoms with E-state index in [0.717, 1.165) is 24.7 Å². The monoisotopic (exact) mass is 264 g/mol. The second-order valence-corrected chi connectivity index (χ2v) is 5.09. The fraction of sp³-hybridized carbons (Fsp3) is 0.211. The predicted octanol–water partition coefficient (Wildman–Crippen LogP) is 4.85. The molecule has 2 rings (SSSR count). The molecule has 0 N–H and O–H groups in total. The molecule has 2 aromatic carbocycles. The third kappa shape index (κ3) is 4.20. The summed E-state index contributed by atoms with van der Waals surface area (Å²) in [4.78, 5) is 11.3. The lowest BCUT2D eigenvalue weighted by molar-refractivity contribution is -0.109. The Bertz CT molecular complexity index is 555. The molecule has 1 atom stereocenters. The second-order valence-electron chi connectivity index (χ2n) is 5.09. The van der Waals surface area contributed by atoms with Crippen molar-refractivity contribution < 1.29 is 4.79 Å². The lowest BCUT2D eigenvalue weighted by atomic mass is 9.93. The van der Waals surface area contributed by atoms with Gasteiger partial charge < -0.3 is 4.79 Å². The first kappa shape index (κ1) is 14.3. The lowest BCUT2D eigenvalue weighted by Crippen LogP contribution is -2.00. The highest BCUT2D eigenvalue weighted by atomic mass is 16.1. The Morgan fingerprint density at radius 3 is 2.20 bits per heavy atom. The third-order valence-corrected chi connectivity index (χ3v) is 3.45. The minimum absolute atomic E-state index is 0.00433. The fourth-order valence-electron chi connectivity index (χ4n) is 2.30. The number of benzene rings is 2. The van der Waals surface area contributed by atoms with Gasteiger partial charge in [-0.15, -0.1) is 0 Å². The zero-order valence-corrected chi connectivity index (χ0v) is 11.8. The number of rotatable bonds is 6. The van der Waals surface area contributed by atoms with Crippen LogP contribution in [0.4, 0.5) is 0 Å². The standard InChI is InChI=1S/C19H20O/c1-16(14-17-8-4-2-5-9-17)12-13-19(15-20)18-10-6-3-7-11-18/h2-11,14-15,19H,12-13H2,1H3. The summed E-state index contributed by atoms with van der Waals surface area (Å²) in [7, 11) is 0. The topological polar surface area (TPSA) is 17.1 Å². The number of aldehydes is 1. The van der Waals surface area contributed by atoms with Crippen LogP contribution in [0.1, 0.15) is 36.8 Å². The number of hydrogen-bond acceptors (Lipinski definition) is 1. The molecule has 0 aliphatic carbocycles. The van der Waals surface area contributed by atoms with Gasteiger partial charge in [-0.3, -0.25) is 0 Å². The molecule has 0 aliphatic heterocycles. The lowest BCUT2D eigenvalue weighted by Gasteiger charge is -2.10. The van der Waals surface area contributed by atoms with E-state index in [4.69, 9.17) is 0 Å². The van der Waals surface area contributed by atoms with Crippen LogP contribution in [0.3, 0.4) is 0 Å². The molecule has 0 saturated heterocycles. The molecule has 0 spiro atoms. The minimum atomic E-state index is -0.00433. The molecule has 0 fully saturated rings. The molecule has 0 heterocycles. The Kier molecular flexibility index (Phi) is 5.31. The van der Waals surface area contributed by atoms with Gasteiger partial charge in [0, 0.05) is 5.92 Å². The Hall–Kier alpha value is -2.15. The molecule has 0 amide bonds. The normalized spacial score (nSPS) is 12.9. The molecule has 1 nitrogen and oxygen atoms in total. The van der Waals surface area contributed by atoms with Crippen LogP contribution in [0.25, 0.3) is 6.08 Å². The van der Waals surface area contributed by atoms with Crippen LogP contribution in [0.5, 0.6) is 0 Å². The van der Waals surface area contributed by atoms with Crippen LogP contribution >= 0.6 is 0 Å². The van der Waals surface area contributed by atoms with Gasteiger partial charge in [0.25, 0.3) is 0 Å². The van der Waals surface area contributed by atoms with Crippen molar-refractivity contribution >= 4 is 12.4 Å². The molecule has 20 heavy (non-hydrogen) atoms. The van der Waals surface area contributed by atoms with E-state index in [-0.39, 0.29) is 5.92 Å². The first-order valence-corrected chi connectivity index (χ1v) is 7.02. The van der Waals surface area contributed by atoms with Crippen LogP contribution < -0.4 is 0 Å². The number of carbonyl (C=O) groups excluding carboxylic acids is 1. The van der Waals surface area contributed by atoms with Gasteiger partial charge in [-0.05, 0) is 30.9 Å². The van der Waals surface area contributed by atoms with Gasteiger partial charge in [-0.25, -0.2) is 0 Å². The average Bonchev–Trinajstić information content (AvgIpc) is 2.50. The van der Waals surface area contributed by atoms with Crippen LogP contribution in [0, 0.1) is 0 Å². The average molecular weight is 264 g/mol. The maximum absolute atomic E-state index is 11.3. The van der Waals surface area contributed by atoms with E-state index in [1.165, 1.54) is 11.1 Å². The van der Waals surface area contributed by atoms with Gasteiger partial charge in [-0.2, -0.15) is 0 Å².